The zero-order valence-corrected chi connectivity index (χ0v) is 12.7. The van der Waals surface area contributed by atoms with Gasteiger partial charge < -0.3 is 5.11 Å². The van der Waals surface area contributed by atoms with Gasteiger partial charge in [0, 0.05) is 5.02 Å². The van der Waals surface area contributed by atoms with Crippen LogP contribution in [0.3, 0.4) is 0 Å². The number of hydrogen-bond acceptors (Lipinski definition) is 2. The minimum atomic E-state index is -0.589. The molecule has 0 fully saturated rings. The van der Waals surface area contributed by atoms with Crippen LogP contribution < -0.4 is 0 Å². The van der Waals surface area contributed by atoms with Gasteiger partial charge in [-0.2, -0.15) is 0 Å². The second kappa shape index (κ2) is 5.11. The van der Waals surface area contributed by atoms with Crippen LogP contribution in [0.25, 0.3) is 0 Å². The minimum Gasteiger partial charge on any atom is -0.384 e. The van der Waals surface area contributed by atoms with Crippen LogP contribution in [-0.2, 0) is 0 Å². The lowest BCUT2D eigenvalue weighted by atomic mass is 9.97. The molecule has 0 aliphatic heterocycles. The van der Waals surface area contributed by atoms with E-state index in [2.05, 4.69) is 15.9 Å². The van der Waals surface area contributed by atoms with Gasteiger partial charge in [-0.05, 0) is 69.5 Å². The van der Waals surface area contributed by atoms with Gasteiger partial charge in [0.25, 0.3) is 0 Å². The van der Waals surface area contributed by atoms with Gasteiger partial charge in [-0.25, -0.2) is 0 Å². The molecule has 1 N–H and O–H groups in total. The Morgan fingerprint density at radius 2 is 1.94 bits per heavy atom. The van der Waals surface area contributed by atoms with Crippen molar-refractivity contribution in [2.24, 2.45) is 0 Å². The summed E-state index contributed by atoms with van der Waals surface area (Å²) in [7, 11) is 0. The summed E-state index contributed by atoms with van der Waals surface area (Å²) in [5.41, 5.74) is 3.82. The molecule has 1 nitrogen and oxygen atoms in total. The molecule has 0 radical (unpaired) electrons. The van der Waals surface area contributed by atoms with Crippen molar-refractivity contribution < 1.29 is 5.11 Å². The second-order valence-electron chi connectivity index (χ2n) is 4.04. The van der Waals surface area contributed by atoms with Crippen LogP contribution >= 0.6 is 38.9 Å². The van der Waals surface area contributed by atoms with Crippen molar-refractivity contribution in [1.82, 2.24) is 0 Å². The van der Waals surface area contributed by atoms with Crippen molar-refractivity contribution in [3.05, 3.63) is 54.6 Å². The summed E-state index contributed by atoms with van der Waals surface area (Å²) in [5.74, 6) is 0. The molecule has 90 valence electrons. The van der Waals surface area contributed by atoms with Gasteiger partial charge in [-0.15, -0.1) is 11.3 Å². The summed E-state index contributed by atoms with van der Waals surface area (Å²) < 4.78 is 1.02. The van der Waals surface area contributed by atoms with Gasteiger partial charge >= 0.3 is 0 Å². The molecular weight excluding hydrogens is 320 g/mol. The van der Waals surface area contributed by atoms with Gasteiger partial charge in [0.2, 0.25) is 0 Å². The van der Waals surface area contributed by atoms with Crippen molar-refractivity contribution >= 4 is 38.9 Å². The van der Waals surface area contributed by atoms with E-state index < -0.39 is 6.10 Å². The van der Waals surface area contributed by atoms with Gasteiger partial charge in [-0.1, -0.05) is 17.7 Å². The predicted octanol–water partition coefficient (Wildman–Crippen LogP) is 4.86. The molecule has 0 spiro atoms. The topological polar surface area (TPSA) is 20.2 Å². The van der Waals surface area contributed by atoms with Crippen molar-refractivity contribution in [1.29, 1.82) is 0 Å². The summed E-state index contributed by atoms with van der Waals surface area (Å²) in [6.45, 7) is 3.91. The first-order chi connectivity index (χ1) is 7.99. The number of aliphatic hydroxyl groups is 1. The van der Waals surface area contributed by atoms with Crippen molar-refractivity contribution in [2.75, 3.05) is 0 Å². The fourth-order valence-corrected chi connectivity index (χ4v) is 3.16. The van der Waals surface area contributed by atoms with Gasteiger partial charge in [-0.3, -0.25) is 0 Å². The number of thiophene rings is 1. The first kappa shape index (κ1) is 13.1. The molecule has 0 saturated heterocycles. The Balaban J connectivity index is 2.43. The van der Waals surface area contributed by atoms with Crippen LogP contribution in [0.2, 0.25) is 5.02 Å². The van der Waals surface area contributed by atoms with E-state index in [1.165, 1.54) is 0 Å². The van der Waals surface area contributed by atoms with E-state index in [4.69, 9.17) is 11.6 Å². The Kier molecular flexibility index (Phi) is 3.93. The van der Waals surface area contributed by atoms with E-state index >= 15 is 0 Å². The lowest BCUT2D eigenvalue weighted by Crippen LogP contribution is -2.01. The summed E-state index contributed by atoms with van der Waals surface area (Å²) in [6, 6.07) is 5.80. The number of hydrogen-bond donors (Lipinski definition) is 1. The third kappa shape index (κ3) is 2.74. The highest BCUT2D eigenvalue weighted by molar-refractivity contribution is 9.11. The third-order valence-corrected chi connectivity index (χ3v) is 4.68. The molecule has 1 aromatic carbocycles. The molecule has 0 aliphatic carbocycles. The standard InChI is InChI=1S/C13H12BrClOS/c1-7-4-11(15)8(2)3-10(7)13(16)9-5-12(14)17-6-9/h3-6,13,16H,1-2H3. The van der Waals surface area contributed by atoms with E-state index in [1.54, 1.807) is 11.3 Å². The second-order valence-corrected chi connectivity index (χ2v) is 6.74. The van der Waals surface area contributed by atoms with E-state index in [-0.39, 0.29) is 0 Å². The van der Waals surface area contributed by atoms with Crippen LogP contribution in [0.15, 0.2) is 27.4 Å². The summed E-state index contributed by atoms with van der Waals surface area (Å²) in [4.78, 5) is 0. The van der Waals surface area contributed by atoms with Gasteiger partial charge in [0.1, 0.15) is 6.10 Å². The zero-order valence-electron chi connectivity index (χ0n) is 9.50. The number of aryl methyl sites for hydroxylation is 2. The van der Waals surface area contributed by atoms with Gasteiger partial charge in [0.15, 0.2) is 0 Å². The number of rotatable bonds is 2. The van der Waals surface area contributed by atoms with Crippen molar-refractivity contribution in [2.45, 2.75) is 20.0 Å². The highest BCUT2D eigenvalue weighted by atomic mass is 79.9. The van der Waals surface area contributed by atoms with E-state index in [9.17, 15) is 5.11 Å². The van der Waals surface area contributed by atoms with E-state index in [0.29, 0.717) is 0 Å². The molecule has 0 amide bonds. The number of halogens is 2. The summed E-state index contributed by atoms with van der Waals surface area (Å²) >= 11 is 11.0. The first-order valence-electron chi connectivity index (χ1n) is 5.17. The average Bonchev–Trinajstić information content (AvgIpc) is 2.69. The van der Waals surface area contributed by atoms with Crippen molar-refractivity contribution in [3.8, 4) is 0 Å². The Hall–Kier alpha value is -0.350. The largest absolute Gasteiger partial charge is 0.384 e. The molecule has 1 atom stereocenters. The highest BCUT2D eigenvalue weighted by Crippen LogP contribution is 2.32. The fraction of sp³-hybridized carbons (Fsp3) is 0.231. The van der Waals surface area contributed by atoms with Crippen molar-refractivity contribution in [3.63, 3.8) is 0 Å². The molecule has 0 saturated carbocycles. The maximum Gasteiger partial charge on any atom is 0.105 e. The monoisotopic (exact) mass is 330 g/mol. The number of benzene rings is 1. The highest BCUT2D eigenvalue weighted by Gasteiger charge is 2.15. The maximum absolute atomic E-state index is 10.3. The Labute approximate surface area is 118 Å². The minimum absolute atomic E-state index is 0.589. The molecule has 1 heterocycles. The fourth-order valence-electron chi connectivity index (χ4n) is 1.74. The Morgan fingerprint density at radius 1 is 1.24 bits per heavy atom. The van der Waals surface area contributed by atoms with Crippen LogP contribution in [0.4, 0.5) is 0 Å². The van der Waals surface area contributed by atoms with E-state index in [1.807, 2.05) is 37.4 Å². The van der Waals surface area contributed by atoms with Crippen LogP contribution in [0.1, 0.15) is 28.4 Å². The quantitative estimate of drug-likeness (QED) is 0.833. The molecule has 4 heteroatoms. The predicted molar refractivity (Wildman–Crippen MR) is 77.0 cm³/mol. The molecule has 17 heavy (non-hydrogen) atoms. The van der Waals surface area contributed by atoms with E-state index in [0.717, 1.165) is 31.1 Å². The molecular formula is C13H12BrClOS. The zero-order chi connectivity index (χ0) is 12.6. The molecule has 0 aliphatic rings. The SMILES string of the molecule is Cc1cc(C(O)c2csc(Br)c2)c(C)cc1Cl. The number of aliphatic hydroxyl groups excluding tert-OH is 1. The maximum atomic E-state index is 10.3. The van der Waals surface area contributed by atoms with Crippen LogP contribution in [0, 0.1) is 13.8 Å². The first-order valence-corrected chi connectivity index (χ1v) is 7.22. The lowest BCUT2D eigenvalue weighted by molar-refractivity contribution is 0.220. The molecule has 1 unspecified atom stereocenters. The summed E-state index contributed by atoms with van der Waals surface area (Å²) in [5, 5.41) is 13.0. The normalized spacial score (nSPS) is 12.8. The molecule has 2 rings (SSSR count). The average molecular weight is 332 g/mol. The smallest absolute Gasteiger partial charge is 0.105 e. The molecule has 1 aromatic heterocycles. The molecule has 2 aromatic rings. The Morgan fingerprint density at radius 3 is 2.53 bits per heavy atom. The summed E-state index contributed by atoms with van der Waals surface area (Å²) in [6.07, 6.45) is -0.589. The Bertz CT molecular complexity index is 550. The van der Waals surface area contributed by atoms with Crippen LogP contribution in [0.5, 0.6) is 0 Å². The van der Waals surface area contributed by atoms with Gasteiger partial charge in [0.05, 0.1) is 3.79 Å². The lowest BCUT2D eigenvalue weighted by Gasteiger charge is -2.14. The third-order valence-electron chi connectivity index (χ3n) is 2.75. The molecule has 0 bridgehead atoms. The van der Waals surface area contributed by atoms with Crippen LogP contribution in [-0.4, -0.2) is 5.11 Å².